The Labute approximate surface area is 121 Å². The zero-order chi connectivity index (χ0) is 14.7. The van der Waals surface area contributed by atoms with Crippen LogP contribution in [0.4, 0.5) is 10.8 Å². The summed E-state index contributed by atoms with van der Waals surface area (Å²) >= 11 is 1.45. The predicted molar refractivity (Wildman–Crippen MR) is 81.6 cm³/mol. The van der Waals surface area contributed by atoms with E-state index in [9.17, 15) is 4.79 Å². The monoisotopic (exact) mass is 291 g/mol. The number of nitrogens with two attached hydrogens (primary N) is 1. The van der Waals surface area contributed by atoms with Crippen LogP contribution in [0.25, 0.3) is 0 Å². The fourth-order valence-corrected chi connectivity index (χ4v) is 2.48. The van der Waals surface area contributed by atoms with Crippen LogP contribution in [0, 0.1) is 13.8 Å². The number of anilines is 2. The summed E-state index contributed by atoms with van der Waals surface area (Å²) in [5, 5.41) is 3.37. The number of aromatic nitrogens is 1. The largest absolute Gasteiger partial charge is 0.492 e. The molecule has 1 aromatic carbocycles. The molecule has 20 heavy (non-hydrogen) atoms. The molecule has 1 aromatic heterocycles. The van der Waals surface area contributed by atoms with E-state index in [1.807, 2.05) is 20.8 Å². The summed E-state index contributed by atoms with van der Waals surface area (Å²) in [4.78, 5) is 17.5. The smallest absolute Gasteiger partial charge is 0.257 e. The van der Waals surface area contributed by atoms with E-state index in [0.717, 1.165) is 10.6 Å². The molecule has 2 rings (SSSR count). The third-order valence-electron chi connectivity index (χ3n) is 2.82. The number of hydrogen-bond donors (Lipinski definition) is 2. The zero-order valence-electron chi connectivity index (χ0n) is 11.7. The summed E-state index contributed by atoms with van der Waals surface area (Å²) in [6.07, 6.45) is 0. The number of thiazole rings is 1. The zero-order valence-corrected chi connectivity index (χ0v) is 12.5. The lowest BCUT2D eigenvalue weighted by Gasteiger charge is -2.08. The number of benzene rings is 1. The van der Waals surface area contributed by atoms with E-state index in [2.05, 4.69) is 10.3 Å². The van der Waals surface area contributed by atoms with Crippen molar-refractivity contribution in [3.8, 4) is 5.75 Å². The van der Waals surface area contributed by atoms with E-state index in [-0.39, 0.29) is 5.91 Å². The molecule has 106 valence electrons. The third kappa shape index (κ3) is 3.08. The number of aryl methyl sites for hydroxylation is 2. The van der Waals surface area contributed by atoms with E-state index in [1.54, 1.807) is 18.2 Å². The van der Waals surface area contributed by atoms with E-state index >= 15 is 0 Å². The van der Waals surface area contributed by atoms with Gasteiger partial charge in [0, 0.05) is 10.4 Å². The Morgan fingerprint density at radius 2 is 2.20 bits per heavy atom. The van der Waals surface area contributed by atoms with E-state index in [4.69, 9.17) is 10.5 Å². The molecule has 2 aromatic rings. The van der Waals surface area contributed by atoms with Gasteiger partial charge in [0.05, 0.1) is 18.0 Å². The Bertz CT molecular complexity index is 618. The minimum Gasteiger partial charge on any atom is -0.492 e. The van der Waals surface area contributed by atoms with Gasteiger partial charge in [-0.2, -0.15) is 0 Å². The van der Waals surface area contributed by atoms with Crippen LogP contribution >= 0.6 is 11.3 Å². The molecule has 5 nitrogen and oxygen atoms in total. The minimum absolute atomic E-state index is 0.228. The maximum atomic E-state index is 12.1. The van der Waals surface area contributed by atoms with Gasteiger partial charge < -0.3 is 10.5 Å². The number of ether oxygens (including phenoxy) is 1. The molecular weight excluding hydrogens is 274 g/mol. The lowest BCUT2D eigenvalue weighted by atomic mass is 10.2. The number of carbonyl (C=O) groups is 1. The van der Waals surface area contributed by atoms with Crippen LogP contribution in [0.5, 0.6) is 5.75 Å². The van der Waals surface area contributed by atoms with Crippen LogP contribution in [-0.4, -0.2) is 17.5 Å². The summed E-state index contributed by atoms with van der Waals surface area (Å²) < 4.78 is 5.34. The first kappa shape index (κ1) is 14.3. The summed E-state index contributed by atoms with van der Waals surface area (Å²) in [6, 6.07) is 4.99. The maximum Gasteiger partial charge on any atom is 0.257 e. The first-order valence-corrected chi connectivity index (χ1v) is 7.10. The molecule has 0 atom stereocenters. The van der Waals surface area contributed by atoms with E-state index in [0.29, 0.717) is 28.7 Å². The van der Waals surface area contributed by atoms with Crippen LogP contribution in [0.3, 0.4) is 0 Å². The van der Waals surface area contributed by atoms with Gasteiger partial charge in [0.15, 0.2) is 5.13 Å². The SMILES string of the molecule is CCOc1ccc(C(=O)Nc2nc(C)c(C)s2)cc1N. The van der Waals surface area contributed by atoms with Gasteiger partial charge in [0.1, 0.15) is 5.75 Å². The topological polar surface area (TPSA) is 77.2 Å². The number of nitrogens with one attached hydrogen (secondary N) is 1. The van der Waals surface area contributed by atoms with Gasteiger partial charge in [-0.25, -0.2) is 4.98 Å². The predicted octanol–water partition coefficient (Wildman–Crippen LogP) is 2.99. The Morgan fingerprint density at radius 1 is 1.45 bits per heavy atom. The second-order valence-electron chi connectivity index (χ2n) is 4.30. The molecule has 3 N–H and O–H groups in total. The minimum atomic E-state index is -0.228. The molecule has 0 fully saturated rings. The molecule has 1 amide bonds. The summed E-state index contributed by atoms with van der Waals surface area (Å²) in [5.41, 5.74) is 7.71. The number of amides is 1. The number of hydrogen-bond acceptors (Lipinski definition) is 5. The van der Waals surface area contributed by atoms with Gasteiger partial charge in [-0.3, -0.25) is 10.1 Å². The standard InChI is InChI=1S/C14H17N3O2S/c1-4-19-12-6-5-10(7-11(12)15)13(18)17-14-16-8(2)9(3)20-14/h5-7H,4,15H2,1-3H3,(H,16,17,18). The summed E-state index contributed by atoms with van der Waals surface area (Å²) in [6.45, 7) is 6.30. The van der Waals surface area contributed by atoms with Crippen LogP contribution in [0.2, 0.25) is 0 Å². The average Bonchev–Trinajstić information content (AvgIpc) is 2.71. The Morgan fingerprint density at radius 3 is 2.75 bits per heavy atom. The molecular formula is C14H17N3O2S. The molecule has 0 saturated carbocycles. The Hall–Kier alpha value is -2.08. The van der Waals surface area contributed by atoms with Crippen molar-refractivity contribution in [2.45, 2.75) is 20.8 Å². The fourth-order valence-electron chi connectivity index (χ4n) is 1.67. The lowest BCUT2D eigenvalue weighted by molar-refractivity contribution is 0.102. The highest BCUT2D eigenvalue weighted by atomic mass is 32.1. The molecule has 0 bridgehead atoms. The van der Waals surface area contributed by atoms with Crippen molar-refractivity contribution in [2.24, 2.45) is 0 Å². The molecule has 0 aliphatic carbocycles. The quantitative estimate of drug-likeness (QED) is 0.849. The molecule has 6 heteroatoms. The lowest BCUT2D eigenvalue weighted by Crippen LogP contribution is -2.12. The van der Waals surface area contributed by atoms with Gasteiger partial charge >= 0.3 is 0 Å². The number of nitrogens with zero attached hydrogens (tertiary/aromatic N) is 1. The van der Waals surface area contributed by atoms with E-state index < -0.39 is 0 Å². The first-order chi connectivity index (χ1) is 9.51. The molecule has 0 radical (unpaired) electrons. The van der Waals surface area contributed by atoms with Gasteiger partial charge in [0.25, 0.3) is 5.91 Å². The second-order valence-corrected chi connectivity index (χ2v) is 5.50. The highest BCUT2D eigenvalue weighted by Gasteiger charge is 2.11. The molecule has 0 saturated heterocycles. The Balaban J connectivity index is 2.15. The molecule has 0 unspecified atom stereocenters. The number of nitrogen functional groups attached to an aromatic ring is 1. The van der Waals surface area contributed by atoms with Gasteiger partial charge in [-0.15, -0.1) is 11.3 Å². The van der Waals surface area contributed by atoms with Crippen molar-refractivity contribution in [3.05, 3.63) is 34.3 Å². The average molecular weight is 291 g/mol. The molecule has 0 aliphatic heterocycles. The molecule has 0 spiro atoms. The van der Waals surface area contributed by atoms with Gasteiger partial charge in [-0.1, -0.05) is 0 Å². The van der Waals surface area contributed by atoms with E-state index in [1.165, 1.54) is 11.3 Å². The molecule has 1 heterocycles. The fraction of sp³-hybridized carbons (Fsp3) is 0.286. The van der Waals surface area contributed by atoms with Crippen molar-refractivity contribution in [2.75, 3.05) is 17.7 Å². The van der Waals surface area contributed by atoms with Crippen molar-refractivity contribution in [1.29, 1.82) is 0 Å². The van der Waals surface area contributed by atoms with Crippen LogP contribution in [0.1, 0.15) is 27.9 Å². The highest BCUT2D eigenvalue weighted by Crippen LogP contribution is 2.25. The third-order valence-corrected chi connectivity index (χ3v) is 3.81. The van der Waals surface area contributed by atoms with Crippen molar-refractivity contribution in [3.63, 3.8) is 0 Å². The summed E-state index contributed by atoms with van der Waals surface area (Å²) in [5.74, 6) is 0.360. The van der Waals surface area contributed by atoms with Gasteiger partial charge in [0.2, 0.25) is 0 Å². The van der Waals surface area contributed by atoms with Crippen molar-refractivity contribution >= 4 is 28.1 Å². The number of carbonyl (C=O) groups excluding carboxylic acids is 1. The second kappa shape index (κ2) is 5.92. The first-order valence-electron chi connectivity index (χ1n) is 6.29. The molecule has 0 aliphatic rings. The Kier molecular flexibility index (Phi) is 4.24. The normalized spacial score (nSPS) is 10.3. The number of rotatable bonds is 4. The highest BCUT2D eigenvalue weighted by molar-refractivity contribution is 7.15. The van der Waals surface area contributed by atoms with Crippen LogP contribution in [-0.2, 0) is 0 Å². The van der Waals surface area contributed by atoms with Crippen molar-refractivity contribution in [1.82, 2.24) is 4.98 Å². The van der Waals surface area contributed by atoms with Crippen LogP contribution in [0.15, 0.2) is 18.2 Å². The van der Waals surface area contributed by atoms with Gasteiger partial charge in [-0.05, 0) is 39.0 Å². The van der Waals surface area contributed by atoms with Crippen molar-refractivity contribution < 1.29 is 9.53 Å². The van der Waals surface area contributed by atoms with Crippen LogP contribution < -0.4 is 15.8 Å². The maximum absolute atomic E-state index is 12.1. The summed E-state index contributed by atoms with van der Waals surface area (Å²) in [7, 11) is 0.